The molecular formula is C22H21N5O3. The number of hydrogen-bond acceptors (Lipinski definition) is 5. The van der Waals surface area contributed by atoms with Crippen LogP contribution in [0.5, 0.6) is 0 Å². The number of imidazole rings is 1. The fourth-order valence-corrected chi connectivity index (χ4v) is 3.86. The average molecular weight is 403 g/mol. The zero-order valence-electron chi connectivity index (χ0n) is 16.5. The highest BCUT2D eigenvalue weighted by Gasteiger charge is 2.21. The van der Waals surface area contributed by atoms with E-state index >= 15 is 0 Å². The third-order valence-corrected chi connectivity index (χ3v) is 5.37. The van der Waals surface area contributed by atoms with Gasteiger partial charge in [-0.1, -0.05) is 12.1 Å². The first-order chi connectivity index (χ1) is 14.6. The van der Waals surface area contributed by atoms with Gasteiger partial charge in [0.05, 0.1) is 21.9 Å². The van der Waals surface area contributed by atoms with Crippen LogP contribution in [0.1, 0.15) is 30.6 Å². The van der Waals surface area contributed by atoms with Crippen molar-refractivity contribution in [2.75, 3.05) is 11.9 Å². The first kappa shape index (κ1) is 18.5. The number of aryl methyl sites for hydroxylation is 1. The maximum atomic E-state index is 12.8. The van der Waals surface area contributed by atoms with E-state index in [4.69, 9.17) is 4.74 Å². The summed E-state index contributed by atoms with van der Waals surface area (Å²) in [5.74, 6) is 1.02. The summed E-state index contributed by atoms with van der Waals surface area (Å²) in [5.41, 5.74) is 2.69. The smallest absolute Gasteiger partial charge is 0.261 e. The van der Waals surface area contributed by atoms with E-state index in [1.54, 1.807) is 31.2 Å². The molecule has 0 saturated carbocycles. The second-order valence-corrected chi connectivity index (χ2v) is 7.47. The van der Waals surface area contributed by atoms with E-state index in [-0.39, 0.29) is 24.1 Å². The third kappa shape index (κ3) is 3.35. The summed E-state index contributed by atoms with van der Waals surface area (Å²) >= 11 is 0. The highest BCUT2D eigenvalue weighted by atomic mass is 16.5. The van der Waals surface area contributed by atoms with E-state index in [0.29, 0.717) is 22.4 Å². The second-order valence-electron chi connectivity index (χ2n) is 7.47. The number of rotatable bonds is 4. The lowest BCUT2D eigenvalue weighted by Gasteiger charge is -2.11. The summed E-state index contributed by atoms with van der Waals surface area (Å²) in [5, 5.41) is 3.36. The van der Waals surface area contributed by atoms with Crippen LogP contribution in [0.3, 0.4) is 0 Å². The fourth-order valence-electron chi connectivity index (χ4n) is 3.86. The van der Waals surface area contributed by atoms with Gasteiger partial charge in [0.15, 0.2) is 0 Å². The van der Waals surface area contributed by atoms with Crippen molar-refractivity contribution in [2.24, 2.45) is 0 Å². The minimum Gasteiger partial charge on any atom is -0.370 e. The van der Waals surface area contributed by atoms with Gasteiger partial charge in [0, 0.05) is 12.3 Å². The number of aromatic amines is 1. The summed E-state index contributed by atoms with van der Waals surface area (Å²) in [7, 11) is 0. The van der Waals surface area contributed by atoms with Gasteiger partial charge in [0.1, 0.15) is 24.3 Å². The summed E-state index contributed by atoms with van der Waals surface area (Å²) in [4.78, 5) is 37.7. The van der Waals surface area contributed by atoms with E-state index in [1.165, 1.54) is 4.57 Å². The van der Waals surface area contributed by atoms with Crippen LogP contribution in [-0.4, -0.2) is 32.0 Å². The van der Waals surface area contributed by atoms with Crippen LogP contribution in [0.4, 0.5) is 5.69 Å². The molecule has 1 aliphatic heterocycles. The predicted octanol–water partition coefficient (Wildman–Crippen LogP) is 3.07. The molecule has 0 aliphatic carbocycles. The molecule has 4 aromatic rings. The largest absolute Gasteiger partial charge is 0.370 e. The van der Waals surface area contributed by atoms with Crippen molar-refractivity contribution in [3.8, 4) is 0 Å². The van der Waals surface area contributed by atoms with E-state index in [0.717, 1.165) is 36.3 Å². The number of benzene rings is 2. The Labute approximate surface area is 171 Å². The first-order valence-electron chi connectivity index (χ1n) is 9.96. The number of fused-ring (bicyclic) bond motifs is 2. The lowest BCUT2D eigenvalue weighted by molar-refractivity contribution is -0.116. The maximum absolute atomic E-state index is 12.8. The molecule has 30 heavy (non-hydrogen) atoms. The molecule has 0 bridgehead atoms. The van der Waals surface area contributed by atoms with Crippen LogP contribution in [0.15, 0.2) is 47.3 Å². The van der Waals surface area contributed by atoms with Crippen LogP contribution >= 0.6 is 0 Å². The van der Waals surface area contributed by atoms with Gasteiger partial charge in [-0.3, -0.25) is 14.2 Å². The van der Waals surface area contributed by atoms with Crippen molar-refractivity contribution < 1.29 is 9.53 Å². The van der Waals surface area contributed by atoms with Crippen molar-refractivity contribution in [3.05, 3.63) is 64.5 Å². The van der Waals surface area contributed by atoms with Gasteiger partial charge < -0.3 is 15.0 Å². The molecule has 8 heteroatoms. The quantitative estimate of drug-likeness (QED) is 0.545. The molecule has 2 aromatic carbocycles. The molecule has 3 heterocycles. The molecule has 1 fully saturated rings. The van der Waals surface area contributed by atoms with Crippen LogP contribution in [0.2, 0.25) is 0 Å². The number of nitrogens with one attached hydrogen (secondary N) is 2. The number of ether oxygens (including phenoxy) is 1. The number of aromatic nitrogens is 4. The minimum atomic E-state index is -0.296. The van der Waals surface area contributed by atoms with E-state index in [1.807, 2.05) is 18.2 Å². The molecule has 1 unspecified atom stereocenters. The number of carbonyl (C=O) groups is 1. The molecule has 8 nitrogen and oxygen atoms in total. The lowest BCUT2D eigenvalue weighted by atomic mass is 10.2. The van der Waals surface area contributed by atoms with Crippen molar-refractivity contribution in [1.29, 1.82) is 0 Å². The number of para-hydroxylation sites is 1. The van der Waals surface area contributed by atoms with Crippen molar-refractivity contribution in [1.82, 2.24) is 19.5 Å². The standard InChI is InChI=1S/C22H21N5O3/c1-13-23-16-6-3-2-5-15(16)22(29)27(13)12-20(28)24-14-8-9-17-18(11-14)26-21(25-17)19-7-4-10-30-19/h2-3,5-6,8-9,11,19H,4,7,10,12H2,1H3,(H,24,28)(H,25,26). The van der Waals surface area contributed by atoms with Crippen molar-refractivity contribution in [2.45, 2.75) is 32.4 Å². The molecule has 5 rings (SSSR count). The number of H-pyrrole nitrogens is 1. The SMILES string of the molecule is Cc1nc2ccccc2c(=O)n1CC(=O)Nc1ccc2nc(C3CCCO3)[nH]c2c1. The molecule has 0 radical (unpaired) electrons. The monoisotopic (exact) mass is 403 g/mol. The van der Waals surface area contributed by atoms with Gasteiger partial charge >= 0.3 is 0 Å². The number of anilines is 1. The summed E-state index contributed by atoms with van der Waals surface area (Å²) in [6.45, 7) is 2.38. The Morgan fingerprint density at radius 1 is 1.23 bits per heavy atom. The van der Waals surface area contributed by atoms with Crippen LogP contribution in [0, 0.1) is 6.92 Å². The van der Waals surface area contributed by atoms with Crippen molar-refractivity contribution in [3.63, 3.8) is 0 Å². The first-order valence-corrected chi connectivity index (χ1v) is 9.96. The minimum absolute atomic E-state index is 0.00527. The zero-order valence-corrected chi connectivity index (χ0v) is 16.5. The van der Waals surface area contributed by atoms with E-state index in [9.17, 15) is 9.59 Å². The van der Waals surface area contributed by atoms with Crippen LogP contribution < -0.4 is 10.9 Å². The molecule has 1 amide bonds. The Bertz CT molecular complexity index is 1320. The Morgan fingerprint density at radius 2 is 2.10 bits per heavy atom. The molecule has 1 aliphatic rings. The Balaban J connectivity index is 1.37. The highest BCUT2D eigenvalue weighted by Crippen LogP contribution is 2.28. The third-order valence-electron chi connectivity index (χ3n) is 5.37. The van der Waals surface area contributed by atoms with Gasteiger partial charge in [-0.05, 0) is 50.1 Å². The molecule has 1 saturated heterocycles. The van der Waals surface area contributed by atoms with Gasteiger partial charge in [-0.15, -0.1) is 0 Å². The molecule has 1 atom stereocenters. The number of hydrogen-bond donors (Lipinski definition) is 2. The van der Waals surface area contributed by atoms with Gasteiger partial charge in [-0.25, -0.2) is 9.97 Å². The topological polar surface area (TPSA) is 102 Å². The number of nitrogens with zero attached hydrogens (tertiary/aromatic N) is 3. The zero-order chi connectivity index (χ0) is 20.7. The lowest BCUT2D eigenvalue weighted by Crippen LogP contribution is -2.30. The summed E-state index contributed by atoms with van der Waals surface area (Å²) in [6.07, 6.45) is 1.99. The number of carbonyl (C=O) groups excluding carboxylic acids is 1. The maximum Gasteiger partial charge on any atom is 0.261 e. The predicted molar refractivity (Wildman–Crippen MR) is 113 cm³/mol. The normalized spacial score (nSPS) is 16.4. The summed E-state index contributed by atoms with van der Waals surface area (Å²) < 4.78 is 7.07. The molecular weight excluding hydrogens is 382 g/mol. The van der Waals surface area contributed by atoms with Gasteiger partial charge in [0.25, 0.3) is 5.56 Å². The van der Waals surface area contributed by atoms with Crippen LogP contribution in [0.25, 0.3) is 21.9 Å². The highest BCUT2D eigenvalue weighted by molar-refractivity contribution is 5.93. The Hall–Kier alpha value is -3.52. The average Bonchev–Trinajstić information content (AvgIpc) is 3.40. The molecule has 152 valence electrons. The summed E-state index contributed by atoms with van der Waals surface area (Å²) in [6, 6.07) is 12.6. The Kier molecular flexibility index (Phi) is 4.55. The Morgan fingerprint density at radius 3 is 2.93 bits per heavy atom. The van der Waals surface area contributed by atoms with Gasteiger partial charge in [0.2, 0.25) is 5.91 Å². The second kappa shape index (κ2) is 7.38. The van der Waals surface area contributed by atoms with E-state index < -0.39 is 0 Å². The molecule has 0 spiro atoms. The van der Waals surface area contributed by atoms with Gasteiger partial charge in [-0.2, -0.15) is 0 Å². The molecule has 2 aromatic heterocycles. The van der Waals surface area contributed by atoms with E-state index in [2.05, 4.69) is 20.3 Å². The van der Waals surface area contributed by atoms with Crippen LogP contribution in [-0.2, 0) is 16.1 Å². The molecule has 2 N–H and O–H groups in total. The number of amides is 1. The van der Waals surface area contributed by atoms with Crippen molar-refractivity contribution >= 4 is 33.5 Å². The fraction of sp³-hybridized carbons (Fsp3) is 0.273.